The molecule has 0 saturated carbocycles. The second-order valence-electron chi connectivity index (χ2n) is 7.38. The van der Waals surface area contributed by atoms with Gasteiger partial charge in [0, 0.05) is 56.5 Å². The Bertz CT molecular complexity index is 877. The minimum atomic E-state index is -0.550. The van der Waals surface area contributed by atoms with Crippen molar-refractivity contribution in [3.63, 3.8) is 0 Å². The molecule has 2 aromatic rings. The van der Waals surface area contributed by atoms with Crippen molar-refractivity contribution < 1.29 is 9.59 Å². The Morgan fingerprint density at radius 1 is 1.18 bits per heavy atom. The van der Waals surface area contributed by atoms with Crippen LogP contribution in [0, 0.1) is 0 Å². The molecular formula is C21H25N5O2. The largest absolute Gasteiger partial charge is 0.354 e. The summed E-state index contributed by atoms with van der Waals surface area (Å²) in [6.07, 6.45) is 2.30. The first-order chi connectivity index (χ1) is 13.6. The zero-order valence-corrected chi connectivity index (χ0v) is 16.0. The minimum absolute atomic E-state index is 0.170. The quantitative estimate of drug-likeness (QED) is 0.822. The molecule has 2 amide bonds. The lowest BCUT2D eigenvalue weighted by Gasteiger charge is -2.34. The number of benzene rings is 1. The lowest BCUT2D eigenvalue weighted by atomic mass is 9.95. The lowest BCUT2D eigenvalue weighted by Crippen LogP contribution is -2.50. The van der Waals surface area contributed by atoms with Crippen LogP contribution in [0.1, 0.15) is 21.5 Å². The molecule has 1 aromatic carbocycles. The molecule has 3 heterocycles. The van der Waals surface area contributed by atoms with Gasteiger partial charge in [0.05, 0.1) is 0 Å². The molecule has 1 fully saturated rings. The summed E-state index contributed by atoms with van der Waals surface area (Å²) in [5.74, 6) is 0.562. The number of rotatable bonds is 4. The standard InChI is InChI=1S/C21H25N5O2/c1-25-9-11-26(12-10-25)19-16(6-4-8-22-19)14-23-21(28)18-13-15-5-2-3-7-17(15)20(27)24-18/h2-8,18H,9-14H2,1H3,(H,23,28)(H,24,27)/t18-/m1/s1. The van der Waals surface area contributed by atoms with E-state index in [9.17, 15) is 9.59 Å². The van der Waals surface area contributed by atoms with Gasteiger partial charge in [0.2, 0.25) is 5.91 Å². The van der Waals surface area contributed by atoms with Crippen LogP contribution in [0.2, 0.25) is 0 Å². The van der Waals surface area contributed by atoms with Crippen LogP contribution in [0.25, 0.3) is 0 Å². The van der Waals surface area contributed by atoms with Gasteiger partial charge in [0.25, 0.3) is 5.91 Å². The molecule has 2 N–H and O–H groups in total. The third-order valence-electron chi connectivity index (χ3n) is 5.43. The number of fused-ring (bicyclic) bond motifs is 1. The van der Waals surface area contributed by atoms with Gasteiger partial charge in [-0.1, -0.05) is 24.3 Å². The number of nitrogens with zero attached hydrogens (tertiary/aromatic N) is 3. The molecule has 28 heavy (non-hydrogen) atoms. The number of aromatic nitrogens is 1. The predicted molar refractivity (Wildman–Crippen MR) is 107 cm³/mol. The van der Waals surface area contributed by atoms with E-state index >= 15 is 0 Å². The van der Waals surface area contributed by atoms with E-state index in [1.807, 2.05) is 30.3 Å². The third-order valence-corrected chi connectivity index (χ3v) is 5.43. The van der Waals surface area contributed by atoms with Crippen LogP contribution in [0.3, 0.4) is 0 Å². The van der Waals surface area contributed by atoms with E-state index in [0.717, 1.165) is 43.1 Å². The number of hydrogen-bond donors (Lipinski definition) is 2. The van der Waals surface area contributed by atoms with Crippen LogP contribution in [0.5, 0.6) is 0 Å². The normalized spacial score (nSPS) is 19.7. The molecule has 0 unspecified atom stereocenters. The van der Waals surface area contributed by atoms with Crippen molar-refractivity contribution in [1.29, 1.82) is 0 Å². The molecule has 1 aromatic heterocycles. The Morgan fingerprint density at radius 3 is 2.79 bits per heavy atom. The Morgan fingerprint density at radius 2 is 1.96 bits per heavy atom. The second-order valence-corrected chi connectivity index (χ2v) is 7.38. The highest BCUT2D eigenvalue weighted by Crippen LogP contribution is 2.19. The molecule has 7 nitrogen and oxygen atoms in total. The number of anilines is 1. The highest BCUT2D eigenvalue weighted by molar-refractivity contribution is 6.00. The zero-order valence-electron chi connectivity index (χ0n) is 16.0. The first-order valence-corrected chi connectivity index (χ1v) is 9.65. The Kier molecular flexibility index (Phi) is 5.25. The van der Waals surface area contributed by atoms with Gasteiger partial charge in [-0.2, -0.15) is 0 Å². The fraction of sp³-hybridized carbons (Fsp3) is 0.381. The molecule has 2 aliphatic heterocycles. The van der Waals surface area contributed by atoms with Crippen LogP contribution in [0.15, 0.2) is 42.6 Å². The van der Waals surface area contributed by atoms with E-state index in [4.69, 9.17) is 0 Å². The second kappa shape index (κ2) is 7.98. The van der Waals surface area contributed by atoms with Crippen LogP contribution >= 0.6 is 0 Å². The maximum atomic E-state index is 12.7. The van der Waals surface area contributed by atoms with Crippen LogP contribution in [0.4, 0.5) is 5.82 Å². The van der Waals surface area contributed by atoms with E-state index in [-0.39, 0.29) is 11.8 Å². The summed E-state index contributed by atoms with van der Waals surface area (Å²) >= 11 is 0. The molecule has 0 radical (unpaired) electrons. The van der Waals surface area contributed by atoms with Gasteiger partial charge < -0.3 is 20.4 Å². The molecule has 0 bridgehead atoms. The Labute approximate surface area is 164 Å². The fourth-order valence-electron chi connectivity index (χ4n) is 3.76. The van der Waals surface area contributed by atoms with Crippen molar-refractivity contribution in [2.24, 2.45) is 0 Å². The summed E-state index contributed by atoms with van der Waals surface area (Å²) in [6.45, 7) is 4.22. The van der Waals surface area contributed by atoms with Crippen molar-refractivity contribution in [2.75, 3.05) is 38.1 Å². The van der Waals surface area contributed by atoms with Crippen molar-refractivity contribution >= 4 is 17.6 Å². The van der Waals surface area contributed by atoms with Gasteiger partial charge >= 0.3 is 0 Å². The van der Waals surface area contributed by atoms with E-state index in [0.29, 0.717) is 18.5 Å². The number of hydrogen-bond acceptors (Lipinski definition) is 5. The zero-order chi connectivity index (χ0) is 19.5. The van der Waals surface area contributed by atoms with Gasteiger partial charge in [-0.25, -0.2) is 4.98 Å². The number of pyridine rings is 1. The highest BCUT2D eigenvalue weighted by atomic mass is 16.2. The SMILES string of the molecule is CN1CCN(c2ncccc2CNC(=O)[C@H]2Cc3ccccc3C(=O)N2)CC1. The Balaban J connectivity index is 1.41. The highest BCUT2D eigenvalue weighted by Gasteiger charge is 2.28. The molecular weight excluding hydrogens is 354 g/mol. The third kappa shape index (κ3) is 3.84. The van der Waals surface area contributed by atoms with Gasteiger partial charge in [-0.05, 0) is 24.7 Å². The van der Waals surface area contributed by atoms with E-state index in [1.54, 1.807) is 12.3 Å². The van der Waals surface area contributed by atoms with Crippen molar-refractivity contribution in [3.05, 3.63) is 59.3 Å². The molecule has 1 saturated heterocycles. The maximum Gasteiger partial charge on any atom is 0.252 e. The van der Waals surface area contributed by atoms with Crippen LogP contribution < -0.4 is 15.5 Å². The average molecular weight is 379 g/mol. The summed E-state index contributed by atoms with van der Waals surface area (Å²) < 4.78 is 0. The molecule has 1 atom stereocenters. The lowest BCUT2D eigenvalue weighted by molar-refractivity contribution is -0.123. The van der Waals surface area contributed by atoms with Crippen LogP contribution in [-0.4, -0.2) is 61.0 Å². The van der Waals surface area contributed by atoms with Gasteiger partial charge in [-0.15, -0.1) is 0 Å². The van der Waals surface area contributed by atoms with Gasteiger partial charge in [-0.3, -0.25) is 9.59 Å². The minimum Gasteiger partial charge on any atom is -0.354 e. The molecule has 2 aliphatic rings. The number of nitrogens with one attached hydrogen (secondary N) is 2. The van der Waals surface area contributed by atoms with Crippen molar-refractivity contribution in [3.8, 4) is 0 Å². The first-order valence-electron chi connectivity index (χ1n) is 9.65. The number of amides is 2. The molecule has 0 spiro atoms. The fourth-order valence-corrected chi connectivity index (χ4v) is 3.76. The summed E-state index contributed by atoms with van der Waals surface area (Å²) in [4.78, 5) is 34.0. The van der Waals surface area contributed by atoms with Crippen LogP contribution in [-0.2, 0) is 17.8 Å². The van der Waals surface area contributed by atoms with Crippen molar-refractivity contribution in [1.82, 2.24) is 20.5 Å². The molecule has 146 valence electrons. The van der Waals surface area contributed by atoms with E-state index in [2.05, 4.69) is 32.5 Å². The molecule has 7 heteroatoms. The molecule has 0 aliphatic carbocycles. The van der Waals surface area contributed by atoms with E-state index < -0.39 is 6.04 Å². The smallest absolute Gasteiger partial charge is 0.252 e. The number of carbonyl (C=O) groups excluding carboxylic acids is 2. The number of piperazine rings is 1. The monoisotopic (exact) mass is 379 g/mol. The predicted octanol–water partition coefficient (Wildman–Crippen LogP) is 0.804. The Hall–Kier alpha value is -2.93. The van der Waals surface area contributed by atoms with E-state index in [1.165, 1.54) is 0 Å². The molecule has 4 rings (SSSR count). The average Bonchev–Trinajstić information content (AvgIpc) is 2.73. The number of likely N-dealkylation sites (N-methyl/N-ethyl adjacent to an activating group) is 1. The maximum absolute atomic E-state index is 12.7. The summed E-state index contributed by atoms with van der Waals surface area (Å²) in [6, 6.07) is 10.8. The summed E-state index contributed by atoms with van der Waals surface area (Å²) in [7, 11) is 2.12. The van der Waals surface area contributed by atoms with Crippen molar-refractivity contribution in [2.45, 2.75) is 19.0 Å². The summed E-state index contributed by atoms with van der Waals surface area (Å²) in [5.41, 5.74) is 2.55. The number of carbonyl (C=O) groups is 2. The van der Waals surface area contributed by atoms with Gasteiger partial charge in [0.1, 0.15) is 11.9 Å². The van der Waals surface area contributed by atoms with Gasteiger partial charge in [0.15, 0.2) is 0 Å². The first kappa shape index (κ1) is 18.4. The summed E-state index contributed by atoms with van der Waals surface area (Å²) in [5, 5.41) is 5.79. The topological polar surface area (TPSA) is 77.6 Å².